The molecule has 2 rings (SSSR count). The first-order valence-corrected chi connectivity index (χ1v) is 5.89. The van der Waals surface area contributed by atoms with E-state index in [-0.39, 0.29) is 6.10 Å². The Morgan fingerprint density at radius 1 is 1.44 bits per heavy atom. The number of nitrogen functional groups attached to an aromatic ring is 1. The molecule has 2 unspecified atom stereocenters. The Kier molecular flexibility index (Phi) is 3.26. The average Bonchev–Trinajstić information content (AvgIpc) is 2.22. The Morgan fingerprint density at radius 3 is 2.88 bits per heavy atom. The Morgan fingerprint density at radius 2 is 2.19 bits per heavy atom. The molecule has 4 heteroatoms. The molecule has 0 bridgehead atoms. The highest BCUT2D eigenvalue weighted by atomic mass is 35.5. The molecule has 0 radical (unpaired) electrons. The molecule has 0 spiro atoms. The number of morpholine rings is 1. The predicted molar refractivity (Wildman–Crippen MR) is 68.1 cm³/mol. The molecule has 1 aliphatic heterocycles. The van der Waals surface area contributed by atoms with Crippen molar-refractivity contribution in [1.29, 1.82) is 0 Å². The second-order valence-corrected chi connectivity index (χ2v) is 4.78. The molecule has 1 fully saturated rings. The summed E-state index contributed by atoms with van der Waals surface area (Å²) in [5.74, 6) is 0. The smallest absolute Gasteiger partial charge is 0.0723 e. The van der Waals surface area contributed by atoms with Crippen LogP contribution in [0.2, 0.25) is 5.02 Å². The lowest BCUT2D eigenvalue weighted by Gasteiger charge is -2.39. The number of hydrogen-bond donors (Lipinski definition) is 1. The largest absolute Gasteiger partial charge is 0.397 e. The first-order chi connectivity index (χ1) is 7.58. The van der Waals surface area contributed by atoms with Crippen LogP contribution in [0.5, 0.6) is 0 Å². The van der Waals surface area contributed by atoms with E-state index in [4.69, 9.17) is 22.1 Å². The van der Waals surface area contributed by atoms with Crippen molar-refractivity contribution in [1.82, 2.24) is 0 Å². The summed E-state index contributed by atoms with van der Waals surface area (Å²) in [5, 5.41) is 0.676. The maximum absolute atomic E-state index is 5.99. The molecule has 2 N–H and O–H groups in total. The molecule has 1 heterocycles. The fourth-order valence-electron chi connectivity index (χ4n) is 2.03. The van der Waals surface area contributed by atoms with E-state index in [1.807, 2.05) is 12.1 Å². The summed E-state index contributed by atoms with van der Waals surface area (Å²) in [4.78, 5) is 2.28. The minimum absolute atomic E-state index is 0.242. The second-order valence-electron chi connectivity index (χ2n) is 4.35. The number of nitrogens with zero attached hydrogens (tertiary/aromatic N) is 1. The molecule has 16 heavy (non-hydrogen) atoms. The van der Waals surface area contributed by atoms with Crippen molar-refractivity contribution in [3.63, 3.8) is 0 Å². The van der Waals surface area contributed by atoms with Crippen molar-refractivity contribution in [2.45, 2.75) is 26.0 Å². The van der Waals surface area contributed by atoms with Gasteiger partial charge >= 0.3 is 0 Å². The first kappa shape index (κ1) is 11.6. The monoisotopic (exact) mass is 240 g/mol. The van der Waals surface area contributed by atoms with Crippen molar-refractivity contribution >= 4 is 23.0 Å². The Labute approximate surface area is 101 Å². The third-order valence-electron chi connectivity index (χ3n) is 2.91. The van der Waals surface area contributed by atoms with Crippen LogP contribution in [0.4, 0.5) is 11.4 Å². The molecule has 1 aliphatic rings. The fraction of sp³-hybridized carbons (Fsp3) is 0.500. The van der Waals surface area contributed by atoms with E-state index in [1.54, 1.807) is 6.07 Å². The van der Waals surface area contributed by atoms with Gasteiger partial charge in [0.05, 0.1) is 24.1 Å². The lowest BCUT2D eigenvalue weighted by atomic mass is 10.1. The number of benzene rings is 1. The van der Waals surface area contributed by atoms with Gasteiger partial charge in [0, 0.05) is 17.6 Å². The van der Waals surface area contributed by atoms with E-state index in [9.17, 15) is 0 Å². The van der Waals surface area contributed by atoms with Gasteiger partial charge in [-0.1, -0.05) is 11.6 Å². The van der Waals surface area contributed by atoms with Gasteiger partial charge in [-0.25, -0.2) is 0 Å². The SMILES string of the molecule is CC1CN(c2ccc(Cl)cc2N)C(C)CO1. The molecule has 0 amide bonds. The van der Waals surface area contributed by atoms with Crippen molar-refractivity contribution in [2.24, 2.45) is 0 Å². The summed E-state index contributed by atoms with van der Waals surface area (Å²) in [7, 11) is 0. The summed E-state index contributed by atoms with van der Waals surface area (Å²) in [6.07, 6.45) is 0.242. The highest BCUT2D eigenvalue weighted by Crippen LogP contribution is 2.29. The van der Waals surface area contributed by atoms with Crippen LogP contribution >= 0.6 is 11.6 Å². The van der Waals surface area contributed by atoms with Crippen LogP contribution in [0.15, 0.2) is 18.2 Å². The molecule has 1 aromatic rings. The number of anilines is 2. The zero-order valence-electron chi connectivity index (χ0n) is 9.61. The summed E-state index contributed by atoms with van der Waals surface area (Å²) in [5.41, 5.74) is 7.77. The molecule has 2 atom stereocenters. The Bertz CT molecular complexity index is 383. The van der Waals surface area contributed by atoms with Gasteiger partial charge in [-0.15, -0.1) is 0 Å². The van der Waals surface area contributed by atoms with Crippen molar-refractivity contribution in [2.75, 3.05) is 23.8 Å². The standard InChI is InChI=1S/C12H17ClN2O/c1-8-7-16-9(2)6-15(8)12-4-3-10(13)5-11(12)14/h3-5,8-9H,6-7,14H2,1-2H3. The number of ether oxygens (including phenoxy) is 1. The minimum Gasteiger partial charge on any atom is -0.397 e. The molecule has 0 aliphatic carbocycles. The highest BCUT2D eigenvalue weighted by Gasteiger charge is 2.24. The normalized spacial score (nSPS) is 25.8. The van der Waals surface area contributed by atoms with Crippen LogP contribution in [0.25, 0.3) is 0 Å². The molecule has 1 saturated heterocycles. The van der Waals surface area contributed by atoms with E-state index in [2.05, 4.69) is 18.7 Å². The van der Waals surface area contributed by atoms with Gasteiger partial charge in [0.25, 0.3) is 0 Å². The topological polar surface area (TPSA) is 38.5 Å². The summed E-state index contributed by atoms with van der Waals surface area (Å²) < 4.78 is 5.60. The second kappa shape index (κ2) is 4.52. The zero-order chi connectivity index (χ0) is 11.7. The van der Waals surface area contributed by atoms with Gasteiger partial charge < -0.3 is 15.4 Å². The lowest BCUT2D eigenvalue weighted by molar-refractivity contribution is 0.0344. The third kappa shape index (κ3) is 2.25. The summed E-state index contributed by atoms with van der Waals surface area (Å²) in [6, 6.07) is 6.00. The van der Waals surface area contributed by atoms with Crippen LogP contribution in [-0.4, -0.2) is 25.3 Å². The molecule has 0 aromatic heterocycles. The summed E-state index contributed by atoms with van der Waals surface area (Å²) in [6.45, 7) is 5.82. The Hall–Kier alpha value is -0.930. The Balaban J connectivity index is 2.28. The van der Waals surface area contributed by atoms with Crippen molar-refractivity contribution in [3.05, 3.63) is 23.2 Å². The molecule has 3 nitrogen and oxygen atoms in total. The first-order valence-electron chi connectivity index (χ1n) is 5.51. The van der Waals surface area contributed by atoms with E-state index in [1.165, 1.54) is 0 Å². The van der Waals surface area contributed by atoms with Gasteiger partial charge in [0.15, 0.2) is 0 Å². The molecular weight excluding hydrogens is 224 g/mol. The number of hydrogen-bond acceptors (Lipinski definition) is 3. The van der Waals surface area contributed by atoms with E-state index in [0.717, 1.165) is 24.5 Å². The van der Waals surface area contributed by atoms with E-state index < -0.39 is 0 Å². The van der Waals surface area contributed by atoms with Crippen LogP contribution < -0.4 is 10.6 Å². The molecule has 88 valence electrons. The van der Waals surface area contributed by atoms with Crippen LogP contribution in [0.3, 0.4) is 0 Å². The maximum Gasteiger partial charge on any atom is 0.0723 e. The third-order valence-corrected chi connectivity index (χ3v) is 3.14. The van der Waals surface area contributed by atoms with Gasteiger partial charge in [-0.05, 0) is 32.0 Å². The number of nitrogens with two attached hydrogens (primary N) is 1. The van der Waals surface area contributed by atoms with Gasteiger partial charge in [0.2, 0.25) is 0 Å². The fourth-order valence-corrected chi connectivity index (χ4v) is 2.21. The van der Waals surface area contributed by atoms with Gasteiger partial charge in [-0.3, -0.25) is 0 Å². The van der Waals surface area contributed by atoms with Crippen LogP contribution in [-0.2, 0) is 4.74 Å². The number of rotatable bonds is 1. The molecule has 1 aromatic carbocycles. The maximum atomic E-state index is 5.99. The zero-order valence-corrected chi connectivity index (χ0v) is 10.4. The van der Waals surface area contributed by atoms with Gasteiger partial charge in [0.1, 0.15) is 0 Å². The van der Waals surface area contributed by atoms with Crippen LogP contribution in [0, 0.1) is 0 Å². The molecular formula is C12H17ClN2O. The lowest BCUT2D eigenvalue weighted by Crippen LogP contribution is -2.47. The van der Waals surface area contributed by atoms with E-state index >= 15 is 0 Å². The van der Waals surface area contributed by atoms with Crippen molar-refractivity contribution in [3.8, 4) is 0 Å². The van der Waals surface area contributed by atoms with E-state index in [0.29, 0.717) is 11.1 Å². The van der Waals surface area contributed by atoms with Crippen molar-refractivity contribution < 1.29 is 4.74 Å². The van der Waals surface area contributed by atoms with Crippen LogP contribution in [0.1, 0.15) is 13.8 Å². The summed E-state index contributed by atoms with van der Waals surface area (Å²) >= 11 is 5.90. The quantitative estimate of drug-likeness (QED) is 0.767. The van der Waals surface area contributed by atoms with Gasteiger partial charge in [-0.2, -0.15) is 0 Å². The average molecular weight is 241 g/mol. The predicted octanol–water partition coefficient (Wildman–Crippen LogP) is 2.54. The highest BCUT2D eigenvalue weighted by molar-refractivity contribution is 6.31. The minimum atomic E-state index is 0.242. The number of halogens is 1. The molecule has 0 saturated carbocycles.